The van der Waals surface area contributed by atoms with Crippen LogP contribution >= 0.6 is 0 Å². The number of aromatic nitrogens is 2. The van der Waals surface area contributed by atoms with E-state index in [1.165, 1.54) is 5.56 Å². The summed E-state index contributed by atoms with van der Waals surface area (Å²) in [6.07, 6.45) is 3.36. The molecule has 0 radical (unpaired) electrons. The van der Waals surface area contributed by atoms with E-state index in [4.69, 9.17) is 4.74 Å². The van der Waals surface area contributed by atoms with Crippen LogP contribution in [0.5, 0.6) is 11.6 Å². The molecule has 0 atom stereocenters. The average molecular weight is 243 g/mol. The van der Waals surface area contributed by atoms with Crippen LogP contribution in [0, 0.1) is 13.8 Å². The predicted octanol–water partition coefficient (Wildman–Crippen LogP) is 2.61. The minimum Gasteiger partial charge on any atom is -0.437 e. The van der Waals surface area contributed by atoms with E-state index in [2.05, 4.69) is 28.3 Å². The smallest absolute Gasteiger partial charge is 0.237 e. The fraction of sp³-hybridized carbons (Fsp3) is 0.286. The molecule has 0 aliphatic carbocycles. The van der Waals surface area contributed by atoms with Crippen molar-refractivity contribution in [3.8, 4) is 11.6 Å². The fourth-order valence-corrected chi connectivity index (χ4v) is 1.69. The van der Waals surface area contributed by atoms with Crippen LogP contribution in [0.2, 0.25) is 0 Å². The molecular weight excluding hydrogens is 226 g/mol. The molecule has 18 heavy (non-hydrogen) atoms. The van der Waals surface area contributed by atoms with Gasteiger partial charge in [0.15, 0.2) is 0 Å². The lowest BCUT2D eigenvalue weighted by Gasteiger charge is -2.08. The third-order valence-corrected chi connectivity index (χ3v) is 2.58. The first-order valence-corrected chi connectivity index (χ1v) is 5.89. The number of nitrogens with zero attached hydrogens (tertiary/aromatic N) is 2. The van der Waals surface area contributed by atoms with Crippen molar-refractivity contribution in [1.29, 1.82) is 0 Å². The summed E-state index contributed by atoms with van der Waals surface area (Å²) in [5, 5.41) is 3.03. The van der Waals surface area contributed by atoms with Gasteiger partial charge in [-0.1, -0.05) is 17.7 Å². The van der Waals surface area contributed by atoms with Gasteiger partial charge in [0.25, 0.3) is 0 Å². The molecule has 0 saturated carbocycles. The average Bonchev–Trinajstić information content (AvgIpc) is 2.35. The molecule has 2 rings (SSSR count). The van der Waals surface area contributed by atoms with E-state index in [-0.39, 0.29) is 0 Å². The predicted molar refractivity (Wildman–Crippen MR) is 70.8 cm³/mol. The lowest BCUT2D eigenvalue weighted by atomic mass is 10.1. The lowest BCUT2D eigenvalue weighted by Crippen LogP contribution is -2.07. The van der Waals surface area contributed by atoms with Crippen molar-refractivity contribution in [3.63, 3.8) is 0 Å². The second-order valence-corrected chi connectivity index (χ2v) is 4.25. The molecule has 1 heterocycles. The summed E-state index contributed by atoms with van der Waals surface area (Å²) in [5.74, 6) is 1.33. The van der Waals surface area contributed by atoms with Gasteiger partial charge in [-0.15, -0.1) is 0 Å². The van der Waals surface area contributed by atoms with Crippen LogP contribution < -0.4 is 10.1 Å². The molecule has 2 aromatic rings. The van der Waals surface area contributed by atoms with E-state index >= 15 is 0 Å². The van der Waals surface area contributed by atoms with Gasteiger partial charge in [0.1, 0.15) is 5.75 Å². The zero-order chi connectivity index (χ0) is 13.0. The highest BCUT2D eigenvalue weighted by atomic mass is 16.5. The maximum absolute atomic E-state index is 5.70. The van der Waals surface area contributed by atoms with Crippen molar-refractivity contribution in [2.45, 2.75) is 20.4 Å². The molecule has 0 spiro atoms. The summed E-state index contributed by atoms with van der Waals surface area (Å²) < 4.78 is 5.70. The van der Waals surface area contributed by atoms with E-state index in [9.17, 15) is 0 Å². The van der Waals surface area contributed by atoms with Crippen LogP contribution in [0.4, 0.5) is 0 Å². The van der Waals surface area contributed by atoms with Gasteiger partial charge in [0.2, 0.25) is 5.88 Å². The van der Waals surface area contributed by atoms with Crippen molar-refractivity contribution in [1.82, 2.24) is 15.3 Å². The van der Waals surface area contributed by atoms with Gasteiger partial charge in [-0.25, -0.2) is 4.98 Å². The minimum atomic E-state index is 0.516. The highest BCUT2D eigenvalue weighted by molar-refractivity contribution is 5.37. The highest BCUT2D eigenvalue weighted by Gasteiger charge is 2.03. The Bertz CT molecular complexity index is 523. The van der Waals surface area contributed by atoms with Gasteiger partial charge >= 0.3 is 0 Å². The van der Waals surface area contributed by atoms with Crippen molar-refractivity contribution in [2.75, 3.05) is 7.05 Å². The van der Waals surface area contributed by atoms with Crippen molar-refractivity contribution >= 4 is 0 Å². The van der Waals surface area contributed by atoms with Crippen LogP contribution in [-0.4, -0.2) is 17.0 Å². The Morgan fingerprint density at radius 3 is 2.61 bits per heavy atom. The van der Waals surface area contributed by atoms with Gasteiger partial charge in [0, 0.05) is 6.54 Å². The fourth-order valence-electron chi connectivity index (χ4n) is 1.69. The summed E-state index contributed by atoms with van der Waals surface area (Å²) in [4.78, 5) is 8.49. The van der Waals surface area contributed by atoms with Gasteiger partial charge < -0.3 is 10.1 Å². The Hall–Kier alpha value is -1.94. The van der Waals surface area contributed by atoms with E-state index < -0.39 is 0 Å². The third-order valence-electron chi connectivity index (χ3n) is 2.58. The van der Waals surface area contributed by atoms with Crippen LogP contribution in [0.15, 0.2) is 30.6 Å². The van der Waals surface area contributed by atoms with E-state index in [1.807, 2.05) is 26.1 Å². The molecule has 1 aromatic carbocycles. The second kappa shape index (κ2) is 5.60. The van der Waals surface area contributed by atoms with E-state index in [1.54, 1.807) is 12.4 Å². The Morgan fingerprint density at radius 1 is 1.17 bits per heavy atom. The van der Waals surface area contributed by atoms with Crippen LogP contribution in [0.3, 0.4) is 0 Å². The van der Waals surface area contributed by atoms with Gasteiger partial charge in [0.05, 0.1) is 18.1 Å². The minimum absolute atomic E-state index is 0.516. The number of hydrogen-bond donors (Lipinski definition) is 1. The number of rotatable bonds is 4. The molecule has 0 amide bonds. The topological polar surface area (TPSA) is 47.0 Å². The second-order valence-electron chi connectivity index (χ2n) is 4.25. The van der Waals surface area contributed by atoms with Gasteiger partial charge in [-0.2, -0.15) is 0 Å². The van der Waals surface area contributed by atoms with Gasteiger partial charge in [-0.3, -0.25) is 4.98 Å². The highest BCUT2D eigenvalue weighted by Crippen LogP contribution is 2.23. The SMILES string of the molecule is CNCc1cnc(Oc2ccc(C)cc2C)cn1. The quantitative estimate of drug-likeness (QED) is 0.896. The van der Waals surface area contributed by atoms with Crippen molar-refractivity contribution in [3.05, 3.63) is 47.4 Å². The van der Waals surface area contributed by atoms with Crippen molar-refractivity contribution < 1.29 is 4.74 Å². The molecule has 0 fully saturated rings. The van der Waals surface area contributed by atoms with Crippen LogP contribution in [-0.2, 0) is 6.54 Å². The first-order valence-electron chi connectivity index (χ1n) is 5.89. The Balaban J connectivity index is 2.13. The summed E-state index contributed by atoms with van der Waals surface area (Å²) in [6.45, 7) is 4.78. The Labute approximate surface area is 107 Å². The number of ether oxygens (including phenoxy) is 1. The summed E-state index contributed by atoms with van der Waals surface area (Å²) >= 11 is 0. The number of benzene rings is 1. The molecule has 4 nitrogen and oxygen atoms in total. The number of nitrogens with one attached hydrogen (secondary N) is 1. The first kappa shape index (κ1) is 12.5. The third kappa shape index (κ3) is 3.05. The maximum Gasteiger partial charge on any atom is 0.237 e. The monoisotopic (exact) mass is 243 g/mol. The molecule has 0 bridgehead atoms. The Morgan fingerprint density at radius 2 is 2.00 bits per heavy atom. The van der Waals surface area contributed by atoms with Crippen LogP contribution in [0.1, 0.15) is 16.8 Å². The molecule has 0 aliphatic heterocycles. The number of hydrogen-bond acceptors (Lipinski definition) is 4. The van der Waals surface area contributed by atoms with Crippen LogP contribution in [0.25, 0.3) is 0 Å². The first-order chi connectivity index (χ1) is 8.69. The molecular formula is C14H17N3O. The molecule has 1 aromatic heterocycles. The van der Waals surface area contributed by atoms with Crippen molar-refractivity contribution in [2.24, 2.45) is 0 Å². The standard InChI is InChI=1S/C14H17N3O/c1-10-4-5-13(11(2)6-10)18-14-9-16-12(7-15-3)8-17-14/h4-6,8-9,15H,7H2,1-3H3. The van der Waals surface area contributed by atoms with Gasteiger partial charge in [-0.05, 0) is 32.5 Å². The summed E-state index contributed by atoms with van der Waals surface area (Å²) in [7, 11) is 1.88. The molecule has 1 N–H and O–H groups in total. The lowest BCUT2D eigenvalue weighted by molar-refractivity contribution is 0.455. The summed E-state index contributed by atoms with van der Waals surface area (Å²) in [6, 6.07) is 6.05. The molecule has 0 saturated heterocycles. The zero-order valence-corrected chi connectivity index (χ0v) is 10.9. The number of aryl methyl sites for hydroxylation is 2. The van der Waals surface area contributed by atoms with E-state index in [0.717, 1.165) is 17.0 Å². The largest absolute Gasteiger partial charge is 0.437 e. The van der Waals surface area contributed by atoms with E-state index in [0.29, 0.717) is 12.4 Å². The normalized spacial score (nSPS) is 10.4. The molecule has 94 valence electrons. The molecule has 4 heteroatoms. The summed E-state index contributed by atoms with van der Waals surface area (Å²) in [5.41, 5.74) is 3.21. The maximum atomic E-state index is 5.70. The molecule has 0 aliphatic rings. The Kier molecular flexibility index (Phi) is 3.89. The molecule has 0 unspecified atom stereocenters. The zero-order valence-electron chi connectivity index (χ0n) is 10.9.